The van der Waals surface area contributed by atoms with Crippen LogP contribution in [0, 0.1) is 11.8 Å². The molecular formula is C34H48N4O8S2. The maximum atomic E-state index is 14.1. The Morgan fingerprint density at radius 3 is 2.33 bits per heavy atom. The van der Waals surface area contributed by atoms with Crippen molar-refractivity contribution >= 4 is 31.7 Å². The Balaban J connectivity index is 1.41. The van der Waals surface area contributed by atoms with Gasteiger partial charge in [-0.05, 0) is 68.3 Å². The Kier molecular flexibility index (Phi) is 11.1. The van der Waals surface area contributed by atoms with Crippen LogP contribution in [-0.2, 0) is 29.4 Å². The van der Waals surface area contributed by atoms with Gasteiger partial charge in [0.1, 0.15) is 15.9 Å². The molecule has 2 aliphatic heterocycles. The number of sulfonamides is 1. The first-order valence-electron chi connectivity index (χ1n) is 16.6. The number of benzene rings is 2. The second-order valence-corrected chi connectivity index (χ2v) is 18.0. The van der Waals surface area contributed by atoms with E-state index in [1.807, 2.05) is 56.0 Å². The van der Waals surface area contributed by atoms with Gasteiger partial charge in [0.2, 0.25) is 28.6 Å². The van der Waals surface area contributed by atoms with E-state index in [-0.39, 0.29) is 67.2 Å². The lowest BCUT2D eigenvalue weighted by molar-refractivity contribution is -0.130. The molecule has 0 spiro atoms. The van der Waals surface area contributed by atoms with Crippen LogP contribution in [0.3, 0.4) is 0 Å². The van der Waals surface area contributed by atoms with Crippen LogP contribution in [-0.4, -0.2) is 101 Å². The van der Waals surface area contributed by atoms with Crippen molar-refractivity contribution in [2.45, 2.75) is 68.8 Å². The minimum atomic E-state index is -3.97. The largest absolute Gasteiger partial charge is 0.454 e. The summed E-state index contributed by atoms with van der Waals surface area (Å²) in [4.78, 5) is 29.2. The van der Waals surface area contributed by atoms with Crippen LogP contribution in [0.25, 0.3) is 0 Å². The molecule has 12 nitrogen and oxygen atoms in total. The molecule has 0 aromatic heterocycles. The summed E-state index contributed by atoms with van der Waals surface area (Å²) in [5, 5.41) is 6.02. The molecule has 1 aliphatic carbocycles. The van der Waals surface area contributed by atoms with E-state index in [9.17, 15) is 26.4 Å². The zero-order valence-electron chi connectivity index (χ0n) is 28.2. The van der Waals surface area contributed by atoms with E-state index in [1.165, 1.54) is 16.4 Å². The van der Waals surface area contributed by atoms with Gasteiger partial charge < -0.3 is 20.1 Å². The number of fused-ring (bicyclic) bond motifs is 1. The maximum Gasteiger partial charge on any atom is 0.243 e. The van der Waals surface area contributed by atoms with Gasteiger partial charge >= 0.3 is 0 Å². The van der Waals surface area contributed by atoms with E-state index in [1.54, 1.807) is 6.07 Å². The first kappa shape index (κ1) is 36.1. The molecule has 0 radical (unpaired) electrons. The molecule has 4 atom stereocenters. The smallest absolute Gasteiger partial charge is 0.243 e. The highest BCUT2D eigenvalue weighted by Gasteiger charge is 2.60. The number of amides is 2. The Morgan fingerprint density at radius 1 is 0.979 bits per heavy atom. The number of nitrogens with zero attached hydrogens (tertiary/aromatic N) is 2. The van der Waals surface area contributed by atoms with Crippen LogP contribution in [0.2, 0.25) is 0 Å². The average Bonchev–Trinajstić information content (AvgIpc) is 3.31. The number of ether oxygens (including phenoxy) is 2. The van der Waals surface area contributed by atoms with Crippen molar-refractivity contribution in [1.82, 2.24) is 19.8 Å². The van der Waals surface area contributed by atoms with Crippen molar-refractivity contribution in [3.8, 4) is 11.5 Å². The van der Waals surface area contributed by atoms with E-state index >= 15 is 0 Å². The van der Waals surface area contributed by atoms with Crippen LogP contribution in [0.15, 0.2) is 53.4 Å². The van der Waals surface area contributed by atoms with E-state index in [4.69, 9.17) is 9.47 Å². The minimum absolute atomic E-state index is 0.0156. The average molecular weight is 705 g/mol. The Labute approximate surface area is 284 Å². The Morgan fingerprint density at radius 2 is 1.67 bits per heavy atom. The zero-order chi connectivity index (χ0) is 34.7. The number of hydrogen-bond acceptors (Lipinski definition) is 9. The monoisotopic (exact) mass is 704 g/mol. The van der Waals surface area contributed by atoms with Gasteiger partial charge in [-0.2, -0.15) is 4.31 Å². The van der Waals surface area contributed by atoms with E-state index in [0.717, 1.165) is 37.8 Å². The van der Waals surface area contributed by atoms with Gasteiger partial charge in [-0.1, -0.05) is 51.1 Å². The topological polar surface area (TPSA) is 151 Å². The number of carbonyl (C=O) groups is 2. The van der Waals surface area contributed by atoms with Crippen molar-refractivity contribution in [1.29, 1.82) is 0 Å². The summed E-state index contributed by atoms with van der Waals surface area (Å²) in [5.41, 5.74) is 0.172. The molecule has 48 heavy (non-hydrogen) atoms. The maximum absolute atomic E-state index is 14.1. The molecule has 1 saturated carbocycles. The lowest BCUT2D eigenvalue weighted by atomic mass is 9.93. The molecule has 3 aliphatic rings. The third kappa shape index (κ3) is 8.68. The number of rotatable bonds is 16. The highest BCUT2D eigenvalue weighted by Crippen LogP contribution is 2.56. The molecule has 2 aromatic rings. The first-order chi connectivity index (χ1) is 22.7. The molecule has 2 unspecified atom stereocenters. The predicted molar refractivity (Wildman–Crippen MR) is 182 cm³/mol. The molecule has 0 bridgehead atoms. The zero-order valence-corrected chi connectivity index (χ0v) is 29.8. The lowest BCUT2D eigenvalue weighted by Crippen LogP contribution is -2.55. The standard InChI is InChI=1S/C34H48N4O8S2/c1-24(2)20-38(48(43,44)27-12-13-30-31(18-27)46-23-45-30)21-25(3)34(19-28(34)26-10-6-5-7-11-26)36-33(40)29(14-17-47(4,41)42)35-32(39)22-37-15-8-9-16-37/h5-7,10-13,18,24-25,28-29H,8-9,14-17,19-23H2,1-4H3,(H,35,39)(H,36,40)/t25-,28?,29+,34?/m1/s1. The van der Waals surface area contributed by atoms with Gasteiger partial charge in [0, 0.05) is 31.3 Å². The third-order valence-corrected chi connectivity index (χ3v) is 12.3. The molecule has 2 fully saturated rings. The molecule has 2 amide bonds. The van der Waals surface area contributed by atoms with Gasteiger partial charge in [0.15, 0.2) is 11.5 Å². The molecule has 2 aromatic carbocycles. The SMILES string of the molecule is CC(C)CN(C[C@@H](C)C1(NC(=O)[C@H](CCS(C)(=O)=O)NC(=O)CN2CCCC2)CC1c1ccccc1)S(=O)(=O)c1ccc2c(c1)OCO2. The fraction of sp³-hybridized carbons (Fsp3) is 0.588. The van der Waals surface area contributed by atoms with Crippen molar-refractivity contribution in [3.63, 3.8) is 0 Å². The summed E-state index contributed by atoms with van der Waals surface area (Å²) in [7, 11) is -7.38. The number of sulfone groups is 1. The second-order valence-electron chi connectivity index (χ2n) is 13.9. The Bertz CT molecular complexity index is 1680. The van der Waals surface area contributed by atoms with Crippen molar-refractivity contribution in [2.75, 3.05) is 51.5 Å². The van der Waals surface area contributed by atoms with Crippen LogP contribution >= 0.6 is 0 Å². The van der Waals surface area contributed by atoms with Gasteiger partial charge in [0.25, 0.3) is 0 Å². The molecule has 1 saturated heterocycles. The predicted octanol–water partition coefficient (Wildman–Crippen LogP) is 2.76. The Hall–Kier alpha value is -3.20. The highest BCUT2D eigenvalue weighted by atomic mass is 32.2. The van der Waals surface area contributed by atoms with Crippen molar-refractivity contribution in [3.05, 3.63) is 54.1 Å². The quantitative estimate of drug-likeness (QED) is 0.269. The van der Waals surface area contributed by atoms with Gasteiger partial charge in [0.05, 0.1) is 22.7 Å². The highest BCUT2D eigenvalue weighted by molar-refractivity contribution is 7.90. The lowest BCUT2D eigenvalue weighted by Gasteiger charge is -2.33. The molecule has 14 heteroatoms. The summed E-state index contributed by atoms with van der Waals surface area (Å²) in [5.74, 6) is -0.671. The molecule has 2 N–H and O–H groups in total. The first-order valence-corrected chi connectivity index (χ1v) is 20.1. The van der Waals surface area contributed by atoms with Gasteiger partial charge in [-0.3, -0.25) is 14.5 Å². The number of hydrogen-bond donors (Lipinski definition) is 2. The second kappa shape index (κ2) is 14.7. The molecular weight excluding hydrogens is 657 g/mol. The molecule has 5 rings (SSSR count). The number of carbonyl (C=O) groups excluding carboxylic acids is 2. The summed E-state index contributed by atoms with van der Waals surface area (Å²) in [6.45, 7) is 7.97. The molecule has 2 heterocycles. The van der Waals surface area contributed by atoms with E-state index in [0.29, 0.717) is 17.9 Å². The summed E-state index contributed by atoms with van der Waals surface area (Å²) in [6, 6.07) is 13.2. The fourth-order valence-electron chi connectivity index (χ4n) is 6.82. The van der Waals surface area contributed by atoms with Crippen LogP contribution in [0.5, 0.6) is 11.5 Å². The van der Waals surface area contributed by atoms with Crippen molar-refractivity contribution in [2.24, 2.45) is 11.8 Å². The van der Waals surface area contributed by atoms with E-state index in [2.05, 4.69) is 10.6 Å². The number of likely N-dealkylation sites (tertiary alicyclic amines) is 1. The minimum Gasteiger partial charge on any atom is -0.454 e. The third-order valence-electron chi connectivity index (χ3n) is 9.46. The summed E-state index contributed by atoms with van der Waals surface area (Å²) >= 11 is 0. The summed E-state index contributed by atoms with van der Waals surface area (Å²) < 4.78 is 64.8. The van der Waals surface area contributed by atoms with Crippen molar-refractivity contribution < 1.29 is 35.9 Å². The van der Waals surface area contributed by atoms with Crippen LogP contribution < -0.4 is 20.1 Å². The van der Waals surface area contributed by atoms with Gasteiger partial charge in [-0.25, -0.2) is 16.8 Å². The summed E-state index contributed by atoms with van der Waals surface area (Å²) in [6.07, 6.45) is 3.60. The number of nitrogens with one attached hydrogen (secondary N) is 2. The van der Waals surface area contributed by atoms with Crippen LogP contribution in [0.4, 0.5) is 0 Å². The van der Waals surface area contributed by atoms with Gasteiger partial charge in [-0.15, -0.1) is 0 Å². The van der Waals surface area contributed by atoms with Crippen LogP contribution in [0.1, 0.15) is 57.9 Å². The van der Waals surface area contributed by atoms with E-state index < -0.39 is 37.3 Å². The fourth-order valence-corrected chi connectivity index (χ4v) is 9.19. The molecule has 264 valence electrons. The normalized spacial score (nSPS) is 22.1.